The van der Waals surface area contributed by atoms with Gasteiger partial charge >= 0.3 is 0 Å². The fourth-order valence-corrected chi connectivity index (χ4v) is 4.99. The van der Waals surface area contributed by atoms with Crippen molar-refractivity contribution in [3.8, 4) is 0 Å². The Morgan fingerprint density at radius 2 is 1.65 bits per heavy atom. The average Bonchev–Trinajstić information content (AvgIpc) is 2.69. The fourth-order valence-electron chi connectivity index (χ4n) is 2.92. The van der Waals surface area contributed by atoms with E-state index in [1.54, 1.807) is 12.1 Å². The van der Waals surface area contributed by atoms with E-state index in [0.29, 0.717) is 11.3 Å². The van der Waals surface area contributed by atoms with E-state index in [9.17, 15) is 8.42 Å². The average molecular weight is 295 g/mol. The highest BCUT2D eigenvalue weighted by molar-refractivity contribution is 7.92. The first-order chi connectivity index (χ1) is 9.14. The van der Waals surface area contributed by atoms with Crippen LogP contribution in [0, 0.1) is 5.92 Å². The molecule has 3 unspecified atom stereocenters. The molecule has 112 valence electrons. The van der Waals surface area contributed by atoms with Crippen molar-refractivity contribution < 1.29 is 8.42 Å². The van der Waals surface area contributed by atoms with Gasteiger partial charge in [0, 0.05) is 6.04 Å². The van der Waals surface area contributed by atoms with Gasteiger partial charge in [-0.1, -0.05) is 39.8 Å². The molecule has 1 fully saturated rings. The summed E-state index contributed by atoms with van der Waals surface area (Å²) in [7, 11) is -3.26. The van der Waals surface area contributed by atoms with E-state index in [4.69, 9.17) is 5.73 Å². The van der Waals surface area contributed by atoms with Gasteiger partial charge in [-0.05, 0) is 41.9 Å². The molecule has 0 aromatic heterocycles. The van der Waals surface area contributed by atoms with Crippen LogP contribution in [0.3, 0.4) is 0 Å². The summed E-state index contributed by atoms with van der Waals surface area (Å²) in [6, 6.07) is 7.33. The number of hydrogen-bond acceptors (Lipinski definition) is 3. The Balaban J connectivity index is 2.31. The lowest BCUT2D eigenvalue weighted by atomic mass is 9.87. The first kappa shape index (κ1) is 15.5. The molecule has 1 aromatic carbocycles. The molecule has 1 aromatic rings. The number of hydrogen-bond donors (Lipinski definition) is 1. The van der Waals surface area contributed by atoms with Crippen molar-refractivity contribution in [2.75, 3.05) is 0 Å². The van der Waals surface area contributed by atoms with Crippen LogP contribution in [0.15, 0.2) is 29.2 Å². The first-order valence-corrected chi connectivity index (χ1v) is 8.78. The molecule has 0 aliphatic heterocycles. The largest absolute Gasteiger partial charge is 0.327 e. The Kier molecular flexibility index (Phi) is 4.00. The molecule has 4 heteroatoms. The molecule has 1 aliphatic rings. The maximum atomic E-state index is 12.7. The van der Waals surface area contributed by atoms with Crippen LogP contribution < -0.4 is 5.73 Å². The van der Waals surface area contributed by atoms with E-state index in [2.05, 4.69) is 20.8 Å². The molecule has 2 N–H and O–H groups in total. The molecular formula is C16H25NO2S. The normalized spacial score (nSPS) is 27.8. The van der Waals surface area contributed by atoms with E-state index in [0.717, 1.165) is 12.0 Å². The molecule has 3 nitrogen and oxygen atoms in total. The van der Waals surface area contributed by atoms with E-state index in [1.807, 2.05) is 19.1 Å². The predicted molar refractivity (Wildman–Crippen MR) is 82.5 cm³/mol. The summed E-state index contributed by atoms with van der Waals surface area (Å²) < 4.78 is 25.4. The maximum Gasteiger partial charge on any atom is 0.181 e. The third-order valence-electron chi connectivity index (χ3n) is 4.49. The predicted octanol–water partition coefficient (Wildman–Crippen LogP) is 2.88. The molecule has 1 saturated carbocycles. The molecule has 0 bridgehead atoms. The number of rotatable bonds is 2. The van der Waals surface area contributed by atoms with Gasteiger partial charge in [0.05, 0.1) is 10.1 Å². The van der Waals surface area contributed by atoms with Gasteiger partial charge < -0.3 is 5.73 Å². The molecule has 0 heterocycles. The summed E-state index contributed by atoms with van der Waals surface area (Å²) in [5.41, 5.74) is 7.14. The molecule has 3 atom stereocenters. The molecule has 20 heavy (non-hydrogen) atoms. The Morgan fingerprint density at radius 1 is 1.10 bits per heavy atom. The number of nitrogens with two attached hydrogens (primary N) is 1. The second kappa shape index (κ2) is 5.15. The minimum atomic E-state index is -3.26. The summed E-state index contributed by atoms with van der Waals surface area (Å²) in [5.74, 6) is 0.0299. The van der Waals surface area contributed by atoms with Crippen LogP contribution in [0.1, 0.15) is 46.1 Å². The molecule has 2 rings (SSSR count). The van der Waals surface area contributed by atoms with Gasteiger partial charge in [0.1, 0.15) is 0 Å². The minimum Gasteiger partial charge on any atom is -0.327 e. The fraction of sp³-hybridized carbons (Fsp3) is 0.625. The topological polar surface area (TPSA) is 60.2 Å². The van der Waals surface area contributed by atoms with Crippen molar-refractivity contribution in [2.45, 2.75) is 62.1 Å². The zero-order chi connectivity index (χ0) is 15.1. The highest BCUT2D eigenvalue weighted by Gasteiger charge is 2.40. The van der Waals surface area contributed by atoms with E-state index in [-0.39, 0.29) is 22.6 Å². The minimum absolute atomic E-state index is 0.00335. The lowest BCUT2D eigenvalue weighted by molar-refractivity contribution is 0.507. The van der Waals surface area contributed by atoms with Crippen molar-refractivity contribution in [3.63, 3.8) is 0 Å². The number of sulfone groups is 1. The molecule has 1 aliphatic carbocycles. The quantitative estimate of drug-likeness (QED) is 0.912. The summed E-state index contributed by atoms with van der Waals surface area (Å²) in [6.45, 7) is 8.31. The van der Waals surface area contributed by atoms with Crippen LogP contribution in [0.4, 0.5) is 0 Å². The second-order valence-corrected chi connectivity index (χ2v) is 9.13. The lowest BCUT2D eigenvalue weighted by Crippen LogP contribution is -2.32. The molecule has 0 spiro atoms. The Hall–Kier alpha value is -0.870. The summed E-state index contributed by atoms with van der Waals surface area (Å²) in [6.07, 6.45) is 1.47. The van der Waals surface area contributed by atoms with Gasteiger partial charge in [-0.25, -0.2) is 8.42 Å². The van der Waals surface area contributed by atoms with Crippen molar-refractivity contribution in [3.05, 3.63) is 29.8 Å². The monoisotopic (exact) mass is 295 g/mol. The van der Waals surface area contributed by atoms with Crippen LogP contribution in [0.5, 0.6) is 0 Å². The van der Waals surface area contributed by atoms with Gasteiger partial charge in [-0.3, -0.25) is 0 Å². The smallest absolute Gasteiger partial charge is 0.181 e. The maximum absolute atomic E-state index is 12.7. The molecular weight excluding hydrogens is 270 g/mol. The van der Waals surface area contributed by atoms with E-state index >= 15 is 0 Å². The standard InChI is InChI=1S/C16H25NO2S/c1-11-14(17)9-10-15(11)20(18,19)13-7-5-12(6-8-13)16(2,3)4/h5-8,11,14-15H,9-10,17H2,1-4H3. The van der Waals surface area contributed by atoms with E-state index in [1.165, 1.54) is 0 Å². The highest BCUT2D eigenvalue weighted by Crippen LogP contribution is 2.34. The molecule has 0 radical (unpaired) electrons. The third-order valence-corrected chi connectivity index (χ3v) is 6.89. The zero-order valence-electron chi connectivity index (χ0n) is 12.8. The Labute approximate surface area is 122 Å². The van der Waals surface area contributed by atoms with Crippen LogP contribution in [-0.4, -0.2) is 19.7 Å². The lowest BCUT2D eigenvalue weighted by Gasteiger charge is -2.21. The third kappa shape index (κ3) is 2.77. The molecule has 0 amide bonds. The van der Waals surface area contributed by atoms with Gasteiger partial charge in [0.25, 0.3) is 0 Å². The SMILES string of the molecule is CC1C(N)CCC1S(=O)(=O)c1ccc(C(C)(C)C)cc1. The van der Waals surface area contributed by atoms with Crippen LogP contribution in [0.25, 0.3) is 0 Å². The molecule has 0 saturated heterocycles. The van der Waals surface area contributed by atoms with Crippen molar-refractivity contribution in [1.29, 1.82) is 0 Å². The van der Waals surface area contributed by atoms with Gasteiger partial charge in [0.2, 0.25) is 0 Å². The van der Waals surface area contributed by atoms with Gasteiger partial charge in [0.15, 0.2) is 9.84 Å². The van der Waals surface area contributed by atoms with Crippen LogP contribution in [-0.2, 0) is 15.3 Å². The Morgan fingerprint density at radius 3 is 2.05 bits per heavy atom. The second-order valence-electron chi connectivity index (χ2n) is 6.96. The summed E-state index contributed by atoms with van der Waals surface area (Å²) in [4.78, 5) is 0.427. The Bertz CT molecular complexity index is 569. The summed E-state index contributed by atoms with van der Waals surface area (Å²) in [5, 5.41) is -0.335. The van der Waals surface area contributed by atoms with Gasteiger partial charge in [-0.15, -0.1) is 0 Å². The van der Waals surface area contributed by atoms with Gasteiger partial charge in [-0.2, -0.15) is 0 Å². The highest BCUT2D eigenvalue weighted by atomic mass is 32.2. The van der Waals surface area contributed by atoms with Crippen LogP contribution in [0.2, 0.25) is 0 Å². The number of benzene rings is 1. The van der Waals surface area contributed by atoms with Crippen molar-refractivity contribution in [2.24, 2.45) is 11.7 Å². The van der Waals surface area contributed by atoms with E-state index < -0.39 is 9.84 Å². The first-order valence-electron chi connectivity index (χ1n) is 7.24. The van der Waals surface area contributed by atoms with Crippen molar-refractivity contribution >= 4 is 9.84 Å². The summed E-state index contributed by atoms with van der Waals surface area (Å²) >= 11 is 0. The zero-order valence-corrected chi connectivity index (χ0v) is 13.6. The van der Waals surface area contributed by atoms with Crippen LogP contribution >= 0.6 is 0 Å². The van der Waals surface area contributed by atoms with Crippen molar-refractivity contribution in [1.82, 2.24) is 0 Å².